The van der Waals surface area contributed by atoms with Gasteiger partial charge in [0.25, 0.3) is 0 Å². The van der Waals surface area contributed by atoms with E-state index in [1.807, 2.05) is 39.5 Å². The lowest BCUT2D eigenvalue weighted by atomic mass is 9.94. The largest absolute Gasteiger partial charge is 0.340 e. The molecule has 0 aliphatic heterocycles. The zero-order chi connectivity index (χ0) is 11.4. The van der Waals surface area contributed by atoms with Crippen molar-refractivity contribution in [2.24, 2.45) is 11.1 Å². The van der Waals surface area contributed by atoms with Gasteiger partial charge in [-0.3, -0.25) is 4.79 Å². The molecule has 0 rings (SSSR count). The summed E-state index contributed by atoms with van der Waals surface area (Å²) in [7, 11) is 0. The standard InChI is InChI=1S/C11H24N2O/c1-9(2)13(8-6-7-12)10(14)11(3,4)5/h9H,6-8,12H2,1-5H3. The van der Waals surface area contributed by atoms with E-state index in [1.165, 1.54) is 0 Å². The van der Waals surface area contributed by atoms with Crippen LogP contribution in [0.3, 0.4) is 0 Å². The van der Waals surface area contributed by atoms with E-state index in [0.29, 0.717) is 6.54 Å². The van der Waals surface area contributed by atoms with Gasteiger partial charge in [-0.05, 0) is 26.8 Å². The molecule has 2 N–H and O–H groups in total. The van der Waals surface area contributed by atoms with Crippen molar-refractivity contribution in [3.63, 3.8) is 0 Å². The molecule has 0 aliphatic rings. The van der Waals surface area contributed by atoms with E-state index >= 15 is 0 Å². The molecule has 14 heavy (non-hydrogen) atoms. The van der Waals surface area contributed by atoms with Crippen molar-refractivity contribution < 1.29 is 4.79 Å². The van der Waals surface area contributed by atoms with Crippen LogP contribution in [0.2, 0.25) is 0 Å². The number of carbonyl (C=O) groups is 1. The summed E-state index contributed by atoms with van der Waals surface area (Å²) in [5.41, 5.74) is 5.16. The van der Waals surface area contributed by atoms with Crippen LogP contribution in [0.4, 0.5) is 0 Å². The van der Waals surface area contributed by atoms with Gasteiger partial charge in [0, 0.05) is 18.0 Å². The third kappa shape index (κ3) is 4.09. The van der Waals surface area contributed by atoms with Gasteiger partial charge < -0.3 is 10.6 Å². The second kappa shape index (κ2) is 5.35. The van der Waals surface area contributed by atoms with E-state index in [0.717, 1.165) is 13.0 Å². The van der Waals surface area contributed by atoms with Crippen molar-refractivity contribution in [2.75, 3.05) is 13.1 Å². The van der Waals surface area contributed by atoms with Crippen LogP contribution < -0.4 is 5.73 Å². The van der Waals surface area contributed by atoms with Crippen LogP contribution in [0.5, 0.6) is 0 Å². The molecule has 3 nitrogen and oxygen atoms in total. The Hall–Kier alpha value is -0.570. The molecule has 0 aromatic carbocycles. The van der Waals surface area contributed by atoms with Gasteiger partial charge in [0.05, 0.1) is 0 Å². The molecular weight excluding hydrogens is 176 g/mol. The summed E-state index contributed by atoms with van der Waals surface area (Å²) in [4.78, 5) is 13.9. The summed E-state index contributed by atoms with van der Waals surface area (Å²) in [6.45, 7) is 11.3. The molecule has 0 bridgehead atoms. The fraction of sp³-hybridized carbons (Fsp3) is 0.909. The van der Waals surface area contributed by atoms with Crippen LogP contribution >= 0.6 is 0 Å². The summed E-state index contributed by atoms with van der Waals surface area (Å²) < 4.78 is 0. The Morgan fingerprint density at radius 3 is 2.14 bits per heavy atom. The number of amides is 1. The van der Waals surface area contributed by atoms with Crippen LogP contribution in [-0.4, -0.2) is 29.9 Å². The molecule has 0 aromatic rings. The molecule has 0 saturated carbocycles. The minimum atomic E-state index is -0.293. The number of nitrogens with two attached hydrogens (primary N) is 1. The molecule has 0 heterocycles. The first-order valence-corrected chi connectivity index (χ1v) is 5.32. The predicted molar refractivity (Wildman–Crippen MR) is 60.0 cm³/mol. The highest BCUT2D eigenvalue weighted by Crippen LogP contribution is 2.19. The lowest BCUT2D eigenvalue weighted by Crippen LogP contribution is -2.44. The first kappa shape index (κ1) is 13.4. The lowest BCUT2D eigenvalue weighted by Gasteiger charge is -2.32. The van der Waals surface area contributed by atoms with Gasteiger partial charge in [0.2, 0.25) is 5.91 Å². The third-order valence-electron chi connectivity index (χ3n) is 2.13. The molecular formula is C11H24N2O. The van der Waals surface area contributed by atoms with Crippen LogP contribution in [0, 0.1) is 5.41 Å². The first-order valence-electron chi connectivity index (χ1n) is 5.32. The Morgan fingerprint density at radius 2 is 1.86 bits per heavy atom. The van der Waals surface area contributed by atoms with Crippen LogP contribution in [0.25, 0.3) is 0 Å². The quantitative estimate of drug-likeness (QED) is 0.749. The van der Waals surface area contributed by atoms with E-state index in [-0.39, 0.29) is 17.4 Å². The number of rotatable bonds is 4. The molecule has 0 fully saturated rings. The molecule has 3 heteroatoms. The van der Waals surface area contributed by atoms with Gasteiger partial charge >= 0.3 is 0 Å². The summed E-state index contributed by atoms with van der Waals surface area (Å²) in [5.74, 6) is 0.209. The SMILES string of the molecule is CC(C)N(CCCN)C(=O)C(C)(C)C. The van der Waals surface area contributed by atoms with Crippen molar-refractivity contribution >= 4 is 5.91 Å². The molecule has 0 atom stereocenters. The molecule has 0 spiro atoms. The van der Waals surface area contributed by atoms with Crippen molar-refractivity contribution in [1.29, 1.82) is 0 Å². The van der Waals surface area contributed by atoms with Gasteiger partial charge in [-0.1, -0.05) is 20.8 Å². The summed E-state index contributed by atoms with van der Waals surface area (Å²) in [5, 5.41) is 0. The second-order valence-corrected chi connectivity index (χ2v) is 4.98. The Bertz CT molecular complexity index is 182. The highest BCUT2D eigenvalue weighted by molar-refractivity contribution is 5.81. The van der Waals surface area contributed by atoms with Gasteiger partial charge in [0.1, 0.15) is 0 Å². The second-order valence-electron chi connectivity index (χ2n) is 4.98. The number of hydrogen-bond acceptors (Lipinski definition) is 2. The smallest absolute Gasteiger partial charge is 0.228 e. The highest BCUT2D eigenvalue weighted by Gasteiger charge is 2.28. The molecule has 0 radical (unpaired) electrons. The van der Waals surface area contributed by atoms with Crippen molar-refractivity contribution in [3.8, 4) is 0 Å². The minimum Gasteiger partial charge on any atom is -0.340 e. The van der Waals surface area contributed by atoms with Crippen LogP contribution in [0.1, 0.15) is 41.0 Å². The molecule has 0 unspecified atom stereocenters. The maximum absolute atomic E-state index is 12.0. The Balaban J connectivity index is 4.42. The molecule has 0 aromatic heterocycles. The van der Waals surface area contributed by atoms with Crippen LogP contribution in [0.15, 0.2) is 0 Å². The molecule has 0 saturated heterocycles. The number of carbonyl (C=O) groups excluding carboxylic acids is 1. The Labute approximate surface area is 87.6 Å². The Morgan fingerprint density at radius 1 is 1.36 bits per heavy atom. The van der Waals surface area contributed by atoms with Crippen molar-refractivity contribution in [3.05, 3.63) is 0 Å². The van der Waals surface area contributed by atoms with E-state index < -0.39 is 0 Å². The lowest BCUT2D eigenvalue weighted by molar-refractivity contribution is -0.141. The summed E-state index contributed by atoms with van der Waals surface area (Å²) >= 11 is 0. The number of hydrogen-bond donors (Lipinski definition) is 1. The van der Waals surface area contributed by atoms with Gasteiger partial charge in [0.15, 0.2) is 0 Å². The van der Waals surface area contributed by atoms with E-state index in [9.17, 15) is 4.79 Å². The van der Waals surface area contributed by atoms with Crippen LogP contribution in [-0.2, 0) is 4.79 Å². The van der Waals surface area contributed by atoms with Gasteiger partial charge in [-0.25, -0.2) is 0 Å². The van der Waals surface area contributed by atoms with Crippen molar-refractivity contribution in [2.45, 2.75) is 47.1 Å². The monoisotopic (exact) mass is 200 g/mol. The predicted octanol–water partition coefficient (Wildman–Crippen LogP) is 1.62. The molecule has 0 aliphatic carbocycles. The summed E-state index contributed by atoms with van der Waals surface area (Å²) in [6.07, 6.45) is 0.875. The highest BCUT2D eigenvalue weighted by atomic mass is 16.2. The number of nitrogens with zero attached hydrogens (tertiary/aromatic N) is 1. The maximum Gasteiger partial charge on any atom is 0.228 e. The maximum atomic E-state index is 12.0. The van der Waals surface area contributed by atoms with E-state index in [2.05, 4.69) is 0 Å². The fourth-order valence-corrected chi connectivity index (χ4v) is 1.29. The molecule has 84 valence electrons. The van der Waals surface area contributed by atoms with Gasteiger partial charge in [-0.15, -0.1) is 0 Å². The average molecular weight is 200 g/mol. The zero-order valence-electron chi connectivity index (χ0n) is 10.1. The van der Waals surface area contributed by atoms with E-state index in [1.54, 1.807) is 0 Å². The first-order chi connectivity index (χ1) is 6.30. The Kier molecular flexibility index (Phi) is 5.13. The molecule has 1 amide bonds. The van der Waals surface area contributed by atoms with Crippen molar-refractivity contribution in [1.82, 2.24) is 4.90 Å². The fourth-order valence-electron chi connectivity index (χ4n) is 1.29. The normalized spacial score (nSPS) is 11.9. The topological polar surface area (TPSA) is 46.3 Å². The minimum absolute atomic E-state index is 0.209. The third-order valence-corrected chi connectivity index (χ3v) is 2.13. The average Bonchev–Trinajstić information content (AvgIpc) is 2.02. The summed E-state index contributed by atoms with van der Waals surface area (Å²) in [6, 6.07) is 0.258. The zero-order valence-corrected chi connectivity index (χ0v) is 10.1. The van der Waals surface area contributed by atoms with E-state index in [4.69, 9.17) is 5.73 Å². The van der Waals surface area contributed by atoms with Gasteiger partial charge in [-0.2, -0.15) is 0 Å².